The molecule has 0 saturated heterocycles. The molecule has 1 aromatic carbocycles. The van der Waals surface area contributed by atoms with Gasteiger partial charge in [0.05, 0.1) is 24.9 Å². The molecule has 2 aromatic rings. The van der Waals surface area contributed by atoms with Gasteiger partial charge in [0, 0.05) is 5.69 Å². The Morgan fingerprint density at radius 3 is 2.55 bits per heavy atom. The highest BCUT2D eigenvalue weighted by Gasteiger charge is 2.10. The predicted octanol–water partition coefficient (Wildman–Crippen LogP) is 1.73. The van der Waals surface area contributed by atoms with E-state index in [9.17, 15) is 9.90 Å². The van der Waals surface area contributed by atoms with Gasteiger partial charge in [-0.15, -0.1) is 0 Å². The minimum atomic E-state index is -0.668. The van der Waals surface area contributed by atoms with Crippen molar-refractivity contribution in [2.75, 3.05) is 13.7 Å². The second-order valence-electron chi connectivity index (χ2n) is 5.09. The molecule has 0 bridgehead atoms. The second-order valence-corrected chi connectivity index (χ2v) is 5.09. The van der Waals surface area contributed by atoms with Crippen molar-refractivity contribution in [2.45, 2.75) is 26.5 Å². The number of rotatable bonds is 6. The van der Waals surface area contributed by atoms with E-state index in [1.54, 1.807) is 28.9 Å². The van der Waals surface area contributed by atoms with Gasteiger partial charge in [-0.3, -0.25) is 4.68 Å². The molecule has 0 fully saturated rings. The Morgan fingerprint density at radius 2 is 2.00 bits per heavy atom. The van der Waals surface area contributed by atoms with Crippen molar-refractivity contribution in [2.24, 2.45) is 0 Å². The number of aliphatic hydroxyl groups excluding tert-OH is 1. The number of methoxy groups -OCH3 is 1. The van der Waals surface area contributed by atoms with E-state index in [1.807, 2.05) is 19.9 Å². The first-order chi connectivity index (χ1) is 10.5. The number of hydrogen-bond donors (Lipinski definition) is 1. The van der Waals surface area contributed by atoms with Crippen LogP contribution >= 0.6 is 0 Å². The molecule has 1 heterocycles. The fraction of sp³-hybridized carbons (Fsp3) is 0.375. The smallest absolute Gasteiger partial charge is 0.337 e. The van der Waals surface area contributed by atoms with Gasteiger partial charge < -0.3 is 14.6 Å². The average molecular weight is 304 g/mol. The number of carbonyl (C=O) groups excluding carboxylic acids is 1. The van der Waals surface area contributed by atoms with Crippen LogP contribution in [-0.4, -0.2) is 40.7 Å². The largest absolute Gasteiger partial charge is 0.491 e. The maximum atomic E-state index is 11.3. The summed E-state index contributed by atoms with van der Waals surface area (Å²) in [5.74, 6) is 0.191. The SMILES string of the molecule is COC(=O)c1ccc(OCC(O)Cn2nc(C)cc2C)cc1. The predicted molar refractivity (Wildman–Crippen MR) is 81.0 cm³/mol. The van der Waals surface area contributed by atoms with Crippen LogP contribution in [0.5, 0.6) is 5.75 Å². The molecule has 0 radical (unpaired) electrons. The quantitative estimate of drug-likeness (QED) is 0.823. The lowest BCUT2D eigenvalue weighted by atomic mass is 10.2. The number of aryl methyl sites for hydroxylation is 2. The average Bonchev–Trinajstić information content (AvgIpc) is 2.82. The first-order valence-corrected chi connectivity index (χ1v) is 7.00. The van der Waals surface area contributed by atoms with E-state index in [0.29, 0.717) is 17.9 Å². The number of esters is 1. The molecule has 2 rings (SSSR count). The van der Waals surface area contributed by atoms with E-state index in [4.69, 9.17) is 4.74 Å². The normalized spacial score (nSPS) is 12.0. The molecule has 1 aromatic heterocycles. The number of aromatic nitrogens is 2. The fourth-order valence-corrected chi connectivity index (χ4v) is 2.11. The van der Waals surface area contributed by atoms with Crippen LogP contribution in [0.25, 0.3) is 0 Å². The summed E-state index contributed by atoms with van der Waals surface area (Å²) < 4.78 is 11.9. The van der Waals surface area contributed by atoms with Crippen LogP contribution in [0.2, 0.25) is 0 Å². The van der Waals surface area contributed by atoms with Crippen molar-refractivity contribution in [1.82, 2.24) is 9.78 Å². The number of aliphatic hydroxyl groups is 1. The fourth-order valence-electron chi connectivity index (χ4n) is 2.11. The third-order valence-electron chi connectivity index (χ3n) is 3.20. The van der Waals surface area contributed by atoms with E-state index in [2.05, 4.69) is 9.84 Å². The van der Waals surface area contributed by atoms with E-state index in [1.165, 1.54) is 7.11 Å². The molecule has 0 amide bonds. The highest BCUT2D eigenvalue weighted by atomic mass is 16.5. The van der Waals surface area contributed by atoms with Crippen molar-refractivity contribution in [3.05, 3.63) is 47.3 Å². The van der Waals surface area contributed by atoms with Crippen LogP contribution in [0.4, 0.5) is 0 Å². The van der Waals surface area contributed by atoms with E-state index in [-0.39, 0.29) is 6.61 Å². The minimum Gasteiger partial charge on any atom is -0.491 e. The molecular weight excluding hydrogens is 284 g/mol. The first-order valence-electron chi connectivity index (χ1n) is 7.00. The zero-order valence-corrected chi connectivity index (χ0v) is 12.9. The zero-order valence-electron chi connectivity index (χ0n) is 12.9. The van der Waals surface area contributed by atoms with Gasteiger partial charge >= 0.3 is 5.97 Å². The summed E-state index contributed by atoms with van der Waals surface area (Å²) in [6, 6.07) is 8.53. The molecule has 1 atom stereocenters. The van der Waals surface area contributed by atoms with Gasteiger partial charge in [-0.25, -0.2) is 4.79 Å². The molecule has 0 saturated carbocycles. The molecule has 6 nitrogen and oxygen atoms in total. The summed E-state index contributed by atoms with van der Waals surface area (Å²) in [5, 5.41) is 14.3. The van der Waals surface area contributed by atoms with Crippen molar-refractivity contribution >= 4 is 5.97 Å². The summed E-state index contributed by atoms with van der Waals surface area (Å²) >= 11 is 0. The Balaban J connectivity index is 1.87. The molecule has 1 unspecified atom stereocenters. The molecule has 0 aliphatic rings. The first kappa shape index (κ1) is 16.0. The molecule has 0 spiro atoms. The van der Waals surface area contributed by atoms with Gasteiger partial charge in [-0.1, -0.05) is 0 Å². The molecule has 1 N–H and O–H groups in total. The number of carbonyl (C=O) groups is 1. The third kappa shape index (κ3) is 4.08. The molecule has 6 heteroatoms. The van der Waals surface area contributed by atoms with Crippen molar-refractivity contribution in [3.8, 4) is 5.75 Å². The minimum absolute atomic E-state index is 0.149. The van der Waals surface area contributed by atoms with Crippen LogP contribution < -0.4 is 4.74 Å². The monoisotopic (exact) mass is 304 g/mol. The molecule has 118 valence electrons. The second kappa shape index (κ2) is 7.09. The van der Waals surface area contributed by atoms with Crippen LogP contribution in [0, 0.1) is 13.8 Å². The molecule has 22 heavy (non-hydrogen) atoms. The van der Waals surface area contributed by atoms with E-state index >= 15 is 0 Å². The lowest BCUT2D eigenvalue weighted by Gasteiger charge is -2.13. The van der Waals surface area contributed by atoms with Gasteiger partial charge in [-0.2, -0.15) is 5.10 Å². The summed E-state index contributed by atoms with van der Waals surface area (Å²) in [6.07, 6.45) is -0.668. The summed E-state index contributed by atoms with van der Waals surface area (Å²) in [7, 11) is 1.34. The summed E-state index contributed by atoms with van der Waals surface area (Å²) in [6.45, 7) is 4.38. The highest BCUT2D eigenvalue weighted by molar-refractivity contribution is 5.89. The number of hydrogen-bond acceptors (Lipinski definition) is 5. The number of benzene rings is 1. The van der Waals surface area contributed by atoms with E-state index < -0.39 is 12.1 Å². The van der Waals surface area contributed by atoms with Gasteiger partial charge in [-0.05, 0) is 44.2 Å². The van der Waals surface area contributed by atoms with Crippen LogP contribution in [-0.2, 0) is 11.3 Å². The van der Waals surface area contributed by atoms with Gasteiger partial charge in [0.1, 0.15) is 18.5 Å². The Hall–Kier alpha value is -2.34. The van der Waals surface area contributed by atoms with Crippen LogP contribution in [0.3, 0.4) is 0 Å². The van der Waals surface area contributed by atoms with Crippen molar-refractivity contribution in [1.29, 1.82) is 0 Å². The van der Waals surface area contributed by atoms with Crippen molar-refractivity contribution < 1.29 is 19.4 Å². The van der Waals surface area contributed by atoms with Crippen molar-refractivity contribution in [3.63, 3.8) is 0 Å². The van der Waals surface area contributed by atoms with Gasteiger partial charge in [0.25, 0.3) is 0 Å². The Kier molecular flexibility index (Phi) is 5.16. The van der Waals surface area contributed by atoms with Gasteiger partial charge in [0.2, 0.25) is 0 Å². The summed E-state index contributed by atoms with van der Waals surface area (Å²) in [5.41, 5.74) is 2.38. The summed E-state index contributed by atoms with van der Waals surface area (Å²) in [4.78, 5) is 11.3. The lowest BCUT2D eigenvalue weighted by Crippen LogP contribution is -2.24. The zero-order chi connectivity index (χ0) is 16.1. The van der Waals surface area contributed by atoms with Gasteiger partial charge in [0.15, 0.2) is 0 Å². The van der Waals surface area contributed by atoms with E-state index in [0.717, 1.165) is 11.4 Å². The maximum Gasteiger partial charge on any atom is 0.337 e. The highest BCUT2D eigenvalue weighted by Crippen LogP contribution is 2.13. The number of nitrogens with zero attached hydrogens (tertiary/aromatic N) is 2. The number of ether oxygens (including phenoxy) is 2. The lowest BCUT2D eigenvalue weighted by molar-refractivity contribution is 0.0600. The Labute approximate surface area is 129 Å². The molecular formula is C16H20N2O4. The molecule has 0 aliphatic carbocycles. The maximum absolute atomic E-state index is 11.3. The van der Waals surface area contributed by atoms with Crippen LogP contribution in [0.1, 0.15) is 21.7 Å². The Morgan fingerprint density at radius 1 is 1.32 bits per heavy atom. The standard InChI is InChI=1S/C16H20N2O4/c1-11-8-12(2)18(17-11)9-14(19)10-22-15-6-4-13(5-7-15)16(20)21-3/h4-8,14,19H,9-10H2,1-3H3. The van der Waals surface area contributed by atoms with Crippen LogP contribution in [0.15, 0.2) is 30.3 Å². The molecule has 0 aliphatic heterocycles. The Bertz CT molecular complexity index is 634. The third-order valence-corrected chi connectivity index (χ3v) is 3.20. The topological polar surface area (TPSA) is 73.6 Å².